The Kier molecular flexibility index (Phi) is 3.36. The molecule has 0 aliphatic carbocycles. The second-order valence-electron chi connectivity index (χ2n) is 4.17. The van der Waals surface area contributed by atoms with Crippen molar-refractivity contribution in [2.24, 2.45) is 0 Å². The molecule has 108 valence electrons. The Morgan fingerprint density at radius 1 is 0.950 bits per heavy atom. The zero-order valence-electron chi connectivity index (χ0n) is 9.83. The number of pyridine rings is 1. The maximum absolute atomic E-state index is 12.7. The van der Waals surface area contributed by atoms with E-state index in [9.17, 15) is 26.3 Å². The molecule has 0 spiro atoms. The van der Waals surface area contributed by atoms with E-state index in [0.717, 1.165) is 6.07 Å². The van der Waals surface area contributed by atoms with E-state index < -0.39 is 23.6 Å². The number of hydrogen-bond donors (Lipinski definition) is 0. The number of aryl methyl sites for hydroxylation is 1. The summed E-state index contributed by atoms with van der Waals surface area (Å²) < 4.78 is 76.2. The van der Waals surface area contributed by atoms with Crippen LogP contribution in [0.1, 0.15) is 16.8 Å². The van der Waals surface area contributed by atoms with Gasteiger partial charge in [-0.1, -0.05) is 11.6 Å². The number of aromatic nitrogens is 1. The molecule has 0 saturated heterocycles. The highest BCUT2D eigenvalue weighted by atomic mass is 35.5. The molecule has 0 atom stereocenters. The third kappa shape index (κ3) is 2.67. The molecule has 2 aromatic rings. The normalized spacial score (nSPS) is 13.0. The molecule has 1 heterocycles. The molecular weight excluding hydrogens is 308 g/mol. The van der Waals surface area contributed by atoms with Gasteiger partial charge in [-0.15, -0.1) is 0 Å². The van der Waals surface area contributed by atoms with Crippen LogP contribution in [0.25, 0.3) is 10.9 Å². The molecule has 8 heteroatoms. The Labute approximate surface area is 114 Å². The number of alkyl halides is 6. The van der Waals surface area contributed by atoms with Crippen LogP contribution in [0.4, 0.5) is 26.3 Å². The molecular formula is C12H6ClF6N. The molecule has 1 nitrogen and oxygen atoms in total. The van der Waals surface area contributed by atoms with Crippen molar-refractivity contribution in [1.29, 1.82) is 0 Å². The number of fused-ring (bicyclic) bond motifs is 1. The van der Waals surface area contributed by atoms with E-state index in [2.05, 4.69) is 4.98 Å². The minimum absolute atomic E-state index is 0.0489. The van der Waals surface area contributed by atoms with Gasteiger partial charge < -0.3 is 0 Å². The van der Waals surface area contributed by atoms with Gasteiger partial charge in [0.25, 0.3) is 0 Å². The van der Waals surface area contributed by atoms with Gasteiger partial charge in [0, 0.05) is 10.4 Å². The lowest BCUT2D eigenvalue weighted by Crippen LogP contribution is -2.18. The summed E-state index contributed by atoms with van der Waals surface area (Å²) in [6.07, 6.45) is -10.3. The fraction of sp³-hybridized carbons (Fsp3) is 0.250. The molecule has 0 bridgehead atoms. The Morgan fingerprint density at radius 3 is 2.05 bits per heavy atom. The lowest BCUT2D eigenvalue weighted by molar-refractivity contribution is -0.164. The lowest BCUT2D eigenvalue weighted by Gasteiger charge is -2.15. The summed E-state index contributed by atoms with van der Waals surface area (Å²) in [6, 6.07) is 2.82. The maximum Gasteiger partial charge on any atom is 0.433 e. The Morgan fingerprint density at radius 2 is 1.55 bits per heavy atom. The van der Waals surface area contributed by atoms with Crippen molar-refractivity contribution in [3.63, 3.8) is 0 Å². The van der Waals surface area contributed by atoms with Crippen LogP contribution in [0.2, 0.25) is 5.02 Å². The van der Waals surface area contributed by atoms with Crippen LogP contribution < -0.4 is 0 Å². The molecule has 0 unspecified atom stereocenters. The molecule has 1 aromatic heterocycles. The van der Waals surface area contributed by atoms with Crippen LogP contribution >= 0.6 is 11.6 Å². The highest BCUT2D eigenvalue weighted by Crippen LogP contribution is 2.40. The predicted octanol–water partition coefficient (Wildman–Crippen LogP) is 5.23. The zero-order chi connectivity index (χ0) is 15.3. The highest BCUT2D eigenvalue weighted by molar-refractivity contribution is 6.32. The second-order valence-corrected chi connectivity index (χ2v) is 4.58. The number of benzene rings is 1. The predicted molar refractivity (Wildman–Crippen MR) is 61.5 cm³/mol. The Bertz CT molecular complexity index is 616. The molecule has 0 aliphatic heterocycles. The van der Waals surface area contributed by atoms with Gasteiger partial charge in [0.2, 0.25) is 0 Å². The summed E-state index contributed by atoms with van der Waals surface area (Å²) in [5, 5.41) is 0.0881. The first kappa shape index (κ1) is 14.9. The molecule has 0 fully saturated rings. The first-order valence-electron chi connectivity index (χ1n) is 5.25. The summed E-state index contributed by atoms with van der Waals surface area (Å²) in [5.74, 6) is 0. The van der Waals surface area contributed by atoms with Gasteiger partial charge in [-0.2, -0.15) is 26.3 Å². The molecule has 2 rings (SSSR count). The summed E-state index contributed by atoms with van der Waals surface area (Å²) in [7, 11) is 0. The molecule has 1 aromatic carbocycles. The van der Waals surface area contributed by atoms with Gasteiger partial charge in [-0.3, -0.25) is 0 Å². The van der Waals surface area contributed by atoms with E-state index in [1.165, 1.54) is 13.0 Å². The summed E-state index contributed by atoms with van der Waals surface area (Å²) in [5.41, 5.74) is -3.55. The van der Waals surface area contributed by atoms with Gasteiger partial charge in [-0.25, -0.2) is 4.98 Å². The first-order valence-corrected chi connectivity index (χ1v) is 5.63. The maximum atomic E-state index is 12.7. The van der Waals surface area contributed by atoms with Crippen molar-refractivity contribution in [3.8, 4) is 0 Å². The lowest BCUT2D eigenvalue weighted by atomic mass is 10.1. The number of halogens is 7. The van der Waals surface area contributed by atoms with Crippen molar-refractivity contribution in [1.82, 2.24) is 4.98 Å². The van der Waals surface area contributed by atoms with E-state index >= 15 is 0 Å². The highest BCUT2D eigenvalue weighted by Gasteiger charge is 2.44. The fourth-order valence-corrected chi connectivity index (χ4v) is 1.90. The first-order chi connectivity index (χ1) is 9.00. The van der Waals surface area contributed by atoms with E-state index in [4.69, 9.17) is 11.6 Å². The van der Waals surface area contributed by atoms with Crippen LogP contribution in [0, 0.1) is 6.92 Å². The minimum atomic E-state index is -5.20. The van der Waals surface area contributed by atoms with E-state index in [0.29, 0.717) is 11.6 Å². The van der Waals surface area contributed by atoms with Crippen molar-refractivity contribution in [3.05, 3.63) is 40.0 Å². The minimum Gasteiger partial charge on any atom is -0.243 e. The van der Waals surface area contributed by atoms with Crippen LogP contribution in [0.3, 0.4) is 0 Å². The summed E-state index contributed by atoms with van der Waals surface area (Å²) in [4.78, 5) is 3.09. The average molecular weight is 314 g/mol. The Balaban J connectivity index is 2.86. The van der Waals surface area contributed by atoms with E-state index in [1.54, 1.807) is 0 Å². The van der Waals surface area contributed by atoms with Crippen LogP contribution in [0.15, 0.2) is 18.2 Å². The molecule has 0 saturated carbocycles. The summed E-state index contributed by atoms with van der Waals surface area (Å²) >= 11 is 5.74. The smallest absolute Gasteiger partial charge is 0.243 e. The second kappa shape index (κ2) is 4.51. The van der Waals surface area contributed by atoms with Crippen molar-refractivity contribution < 1.29 is 26.3 Å². The van der Waals surface area contributed by atoms with Crippen molar-refractivity contribution >= 4 is 22.5 Å². The van der Waals surface area contributed by atoms with Crippen LogP contribution in [-0.2, 0) is 12.4 Å². The van der Waals surface area contributed by atoms with Gasteiger partial charge in [-0.05, 0) is 30.7 Å². The monoisotopic (exact) mass is 313 g/mol. The molecule has 20 heavy (non-hydrogen) atoms. The van der Waals surface area contributed by atoms with Crippen LogP contribution in [0.5, 0.6) is 0 Å². The number of rotatable bonds is 0. The molecule has 0 N–H and O–H groups in total. The SMILES string of the molecule is Cc1cc2cc(C(F)(F)F)c(C(F)(F)F)nc2cc1Cl. The third-order valence-corrected chi connectivity index (χ3v) is 3.08. The zero-order valence-corrected chi connectivity index (χ0v) is 10.6. The standard InChI is InChI=1S/C12H6ClF6N/c1-5-2-6-3-7(11(14,15)16)10(12(17,18)19)20-9(6)4-8(5)13/h2-4H,1H3. The molecule has 0 amide bonds. The average Bonchev–Trinajstić information content (AvgIpc) is 2.26. The van der Waals surface area contributed by atoms with Gasteiger partial charge in [0.15, 0.2) is 5.69 Å². The van der Waals surface area contributed by atoms with Crippen molar-refractivity contribution in [2.45, 2.75) is 19.3 Å². The number of hydrogen-bond acceptors (Lipinski definition) is 1. The third-order valence-electron chi connectivity index (χ3n) is 2.67. The fourth-order valence-electron chi connectivity index (χ4n) is 1.74. The van der Waals surface area contributed by atoms with Crippen LogP contribution in [-0.4, -0.2) is 4.98 Å². The molecule has 0 aliphatic rings. The number of nitrogens with zero attached hydrogens (tertiary/aromatic N) is 1. The Hall–Kier alpha value is -1.50. The topological polar surface area (TPSA) is 12.9 Å². The summed E-state index contributed by atoms with van der Waals surface area (Å²) in [6.45, 7) is 1.53. The van der Waals surface area contributed by atoms with Gasteiger partial charge in [0.05, 0.1) is 11.1 Å². The van der Waals surface area contributed by atoms with Gasteiger partial charge >= 0.3 is 12.4 Å². The largest absolute Gasteiger partial charge is 0.433 e. The van der Waals surface area contributed by atoms with Crippen molar-refractivity contribution in [2.75, 3.05) is 0 Å². The van der Waals surface area contributed by atoms with E-state index in [-0.39, 0.29) is 15.9 Å². The van der Waals surface area contributed by atoms with E-state index in [1.807, 2.05) is 0 Å². The van der Waals surface area contributed by atoms with Gasteiger partial charge in [0.1, 0.15) is 0 Å². The molecule has 0 radical (unpaired) electrons. The quantitative estimate of drug-likeness (QED) is 0.607.